The highest BCUT2D eigenvalue weighted by atomic mass is 15.2. The first-order valence-electron chi connectivity index (χ1n) is 6.27. The molecule has 1 heterocycles. The second kappa shape index (κ2) is 6.46. The SMILES string of the molecule is CC(C)N(C)CCCCN1CCC(N)C1. The molecule has 15 heavy (non-hydrogen) atoms. The minimum Gasteiger partial charge on any atom is -0.326 e. The highest BCUT2D eigenvalue weighted by Gasteiger charge is 2.17. The molecular formula is C12H27N3. The van der Waals surface area contributed by atoms with E-state index in [0.29, 0.717) is 12.1 Å². The minimum atomic E-state index is 0.434. The Labute approximate surface area is 94.6 Å². The van der Waals surface area contributed by atoms with Gasteiger partial charge < -0.3 is 15.5 Å². The Bertz CT molecular complexity index is 170. The minimum absolute atomic E-state index is 0.434. The van der Waals surface area contributed by atoms with Crippen molar-refractivity contribution in [3.8, 4) is 0 Å². The van der Waals surface area contributed by atoms with Gasteiger partial charge in [0.25, 0.3) is 0 Å². The summed E-state index contributed by atoms with van der Waals surface area (Å²) in [5.74, 6) is 0. The largest absolute Gasteiger partial charge is 0.326 e. The summed E-state index contributed by atoms with van der Waals surface area (Å²) in [7, 11) is 2.20. The van der Waals surface area contributed by atoms with Crippen LogP contribution in [-0.4, -0.2) is 55.1 Å². The van der Waals surface area contributed by atoms with Crippen LogP contribution in [0.4, 0.5) is 0 Å². The van der Waals surface area contributed by atoms with Crippen LogP contribution in [0.3, 0.4) is 0 Å². The summed E-state index contributed by atoms with van der Waals surface area (Å²) in [5.41, 5.74) is 5.87. The molecule has 1 aliphatic rings. The summed E-state index contributed by atoms with van der Waals surface area (Å²) in [6, 6.07) is 1.11. The van der Waals surface area contributed by atoms with Gasteiger partial charge in [-0.1, -0.05) is 0 Å². The lowest BCUT2D eigenvalue weighted by Crippen LogP contribution is -2.29. The molecule has 1 atom stereocenters. The first-order chi connectivity index (χ1) is 7.09. The van der Waals surface area contributed by atoms with Crippen LogP contribution in [0.2, 0.25) is 0 Å². The van der Waals surface area contributed by atoms with E-state index in [-0.39, 0.29) is 0 Å². The molecule has 0 aromatic carbocycles. The summed E-state index contributed by atoms with van der Waals surface area (Å²) in [5, 5.41) is 0. The van der Waals surface area contributed by atoms with E-state index in [1.165, 1.54) is 38.9 Å². The molecule has 0 aromatic heterocycles. The summed E-state index contributed by atoms with van der Waals surface area (Å²) >= 11 is 0. The van der Waals surface area contributed by atoms with Crippen molar-refractivity contribution in [3.63, 3.8) is 0 Å². The molecule has 0 aliphatic carbocycles. The van der Waals surface area contributed by atoms with E-state index in [9.17, 15) is 0 Å². The van der Waals surface area contributed by atoms with Gasteiger partial charge in [-0.25, -0.2) is 0 Å². The Kier molecular flexibility index (Phi) is 5.58. The molecule has 0 radical (unpaired) electrons. The van der Waals surface area contributed by atoms with Gasteiger partial charge in [-0.2, -0.15) is 0 Å². The van der Waals surface area contributed by atoms with E-state index in [1.54, 1.807) is 0 Å². The van der Waals surface area contributed by atoms with Gasteiger partial charge in [0, 0.05) is 18.6 Å². The van der Waals surface area contributed by atoms with Crippen molar-refractivity contribution >= 4 is 0 Å². The number of rotatable bonds is 6. The lowest BCUT2D eigenvalue weighted by Gasteiger charge is -2.21. The highest BCUT2D eigenvalue weighted by Crippen LogP contribution is 2.08. The zero-order valence-corrected chi connectivity index (χ0v) is 10.6. The lowest BCUT2D eigenvalue weighted by atomic mass is 10.2. The molecule has 1 saturated heterocycles. The normalized spacial score (nSPS) is 23.2. The van der Waals surface area contributed by atoms with E-state index in [0.717, 1.165) is 6.54 Å². The molecule has 90 valence electrons. The smallest absolute Gasteiger partial charge is 0.0180 e. The number of likely N-dealkylation sites (tertiary alicyclic amines) is 1. The van der Waals surface area contributed by atoms with Gasteiger partial charge in [-0.15, -0.1) is 0 Å². The van der Waals surface area contributed by atoms with Crippen molar-refractivity contribution in [2.24, 2.45) is 5.73 Å². The zero-order chi connectivity index (χ0) is 11.3. The number of hydrogen-bond donors (Lipinski definition) is 1. The van der Waals surface area contributed by atoms with Crippen molar-refractivity contribution in [1.29, 1.82) is 0 Å². The van der Waals surface area contributed by atoms with Crippen LogP contribution in [0.1, 0.15) is 33.1 Å². The third-order valence-electron chi connectivity index (χ3n) is 3.43. The van der Waals surface area contributed by atoms with Crippen molar-refractivity contribution in [2.75, 3.05) is 33.2 Å². The Morgan fingerprint density at radius 1 is 1.40 bits per heavy atom. The van der Waals surface area contributed by atoms with Crippen molar-refractivity contribution in [1.82, 2.24) is 9.80 Å². The van der Waals surface area contributed by atoms with Crippen LogP contribution in [0.15, 0.2) is 0 Å². The molecular weight excluding hydrogens is 186 g/mol. The summed E-state index contributed by atoms with van der Waals surface area (Å²) in [6.07, 6.45) is 3.80. The number of nitrogens with zero attached hydrogens (tertiary/aromatic N) is 2. The zero-order valence-electron chi connectivity index (χ0n) is 10.6. The quantitative estimate of drug-likeness (QED) is 0.672. The van der Waals surface area contributed by atoms with Crippen LogP contribution in [0.25, 0.3) is 0 Å². The van der Waals surface area contributed by atoms with Crippen molar-refractivity contribution in [2.45, 2.75) is 45.2 Å². The number of hydrogen-bond acceptors (Lipinski definition) is 3. The van der Waals surface area contributed by atoms with Gasteiger partial charge in [0.1, 0.15) is 0 Å². The van der Waals surface area contributed by atoms with Gasteiger partial charge in [0.2, 0.25) is 0 Å². The molecule has 0 spiro atoms. The topological polar surface area (TPSA) is 32.5 Å². The maximum absolute atomic E-state index is 5.87. The first-order valence-corrected chi connectivity index (χ1v) is 6.27. The Hall–Kier alpha value is -0.120. The molecule has 3 heteroatoms. The van der Waals surface area contributed by atoms with E-state index in [2.05, 4.69) is 30.7 Å². The summed E-state index contributed by atoms with van der Waals surface area (Å²) in [4.78, 5) is 4.91. The second-order valence-electron chi connectivity index (χ2n) is 5.13. The highest BCUT2D eigenvalue weighted by molar-refractivity contribution is 4.77. The summed E-state index contributed by atoms with van der Waals surface area (Å²) in [6.45, 7) is 9.28. The van der Waals surface area contributed by atoms with Crippen molar-refractivity contribution in [3.05, 3.63) is 0 Å². The summed E-state index contributed by atoms with van der Waals surface area (Å²) < 4.78 is 0. The van der Waals surface area contributed by atoms with E-state index < -0.39 is 0 Å². The lowest BCUT2D eigenvalue weighted by molar-refractivity contribution is 0.256. The van der Waals surface area contributed by atoms with E-state index in [4.69, 9.17) is 5.73 Å². The molecule has 0 aromatic rings. The predicted molar refractivity (Wildman–Crippen MR) is 66.0 cm³/mol. The van der Waals surface area contributed by atoms with Gasteiger partial charge in [0.05, 0.1) is 0 Å². The fourth-order valence-electron chi connectivity index (χ4n) is 2.02. The second-order valence-corrected chi connectivity index (χ2v) is 5.13. The molecule has 2 N–H and O–H groups in total. The monoisotopic (exact) mass is 213 g/mol. The Balaban J connectivity index is 1.97. The van der Waals surface area contributed by atoms with Gasteiger partial charge in [-0.3, -0.25) is 0 Å². The molecule has 1 fully saturated rings. The van der Waals surface area contributed by atoms with E-state index >= 15 is 0 Å². The fraction of sp³-hybridized carbons (Fsp3) is 1.00. The fourth-order valence-corrected chi connectivity index (χ4v) is 2.02. The molecule has 0 saturated carbocycles. The molecule has 1 aliphatic heterocycles. The van der Waals surface area contributed by atoms with Crippen LogP contribution in [-0.2, 0) is 0 Å². The number of unbranched alkanes of at least 4 members (excludes halogenated alkanes) is 1. The van der Waals surface area contributed by atoms with Gasteiger partial charge in [0.15, 0.2) is 0 Å². The maximum atomic E-state index is 5.87. The van der Waals surface area contributed by atoms with Crippen LogP contribution in [0, 0.1) is 0 Å². The average molecular weight is 213 g/mol. The van der Waals surface area contributed by atoms with Gasteiger partial charge >= 0.3 is 0 Å². The molecule has 0 amide bonds. The molecule has 0 bridgehead atoms. The van der Waals surface area contributed by atoms with Crippen LogP contribution >= 0.6 is 0 Å². The first kappa shape index (κ1) is 12.9. The van der Waals surface area contributed by atoms with E-state index in [1.807, 2.05) is 0 Å². The van der Waals surface area contributed by atoms with Gasteiger partial charge in [-0.05, 0) is 59.8 Å². The molecule has 3 nitrogen and oxygen atoms in total. The average Bonchev–Trinajstić information content (AvgIpc) is 2.58. The van der Waals surface area contributed by atoms with Crippen LogP contribution < -0.4 is 5.73 Å². The third-order valence-corrected chi connectivity index (χ3v) is 3.43. The van der Waals surface area contributed by atoms with Crippen molar-refractivity contribution < 1.29 is 0 Å². The number of nitrogens with two attached hydrogens (primary N) is 1. The maximum Gasteiger partial charge on any atom is 0.0180 e. The third kappa shape index (κ3) is 4.96. The Morgan fingerprint density at radius 3 is 2.67 bits per heavy atom. The predicted octanol–water partition coefficient (Wildman–Crippen LogP) is 1.14. The standard InChI is InChI=1S/C12H27N3/c1-11(2)14(3)7-4-5-8-15-9-6-12(13)10-15/h11-12H,4-10,13H2,1-3H3. The Morgan fingerprint density at radius 2 is 2.13 bits per heavy atom. The molecule has 1 rings (SSSR count). The van der Waals surface area contributed by atoms with Crippen LogP contribution in [0.5, 0.6) is 0 Å². The molecule has 1 unspecified atom stereocenters.